The first-order chi connectivity index (χ1) is 13.0. The third-order valence-corrected chi connectivity index (χ3v) is 4.16. The molecule has 2 aromatic carbocycles. The second-order valence-corrected chi connectivity index (χ2v) is 6.17. The Morgan fingerprint density at radius 2 is 1.81 bits per heavy atom. The molecule has 0 fully saturated rings. The van der Waals surface area contributed by atoms with E-state index < -0.39 is 12.1 Å². The van der Waals surface area contributed by atoms with Crippen molar-refractivity contribution in [3.05, 3.63) is 58.6 Å². The minimum Gasteiger partial charge on any atom is -0.493 e. The van der Waals surface area contributed by atoms with Gasteiger partial charge in [-0.3, -0.25) is 4.79 Å². The van der Waals surface area contributed by atoms with Crippen LogP contribution in [0, 0.1) is 0 Å². The van der Waals surface area contributed by atoms with Gasteiger partial charge < -0.3 is 19.5 Å². The van der Waals surface area contributed by atoms with Crippen LogP contribution in [0.2, 0.25) is 5.02 Å². The van der Waals surface area contributed by atoms with Gasteiger partial charge in [0.05, 0.1) is 24.8 Å². The molecule has 27 heavy (non-hydrogen) atoms. The molecule has 0 aliphatic rings. The molecule has 0 heterocycles. The van der Waals surface area contributed by atoms with Gasteiger partial charge in [0.2, 0.25) is 0 Å². The lowest BCUT2D eigenvalue weighted by molar-refractivity contribution is -0.129. The Hall–Kier alpha value is -2.73. The molecule has 2 aromatic rings. The highest BCUT2D eigenvalue weighted by molar-refractivity contribution is 6.32. The number of benzene rings is 2. The fraction of sp³-hybridized carbons (Fsp3) is 0.300. The molecule has 144 valence electrons. The Bertz CT molecular complexity index is 794. The number of ether oxygens (including phenoxy) is 3. The molecule has 0 aliphatic heterocycles. The standard InChI is InChI=1S/C20H22ClNO5/c1-13(19(23)22-10-9-14-7-5-4-6-8-14)27-20(24)15-11-16(21)18(26-3)17(12-15)25-2/h4-8,11-13H,9-10H2,1-3H3,(H,22,23)/t13-/m1/s1. The van der Waals surface area contributed by atoms with E-state index in [1.165, 1.54) is 33.3 Å². The summed E-state index contributed by atoms with van der Waals surface area (Å²) in [5.41, 5.74) is 1.28. The summed E-state index contributed by atoms with van der Waals surface area (Å²) < 4.78 is 15.5. The Morgan fingerprint density at radius 3 is 2.44 bits per heavy atom. The predicted octanol–water partition coefficient (Wildman–Crippen LogP) is 3.26. The van der Waals surface area contributed by atoms with Gasteiger partial charge in [0.1, 0.15) is 0 Å². The number of hydrogen-bond donors (Lipinski definition) is 1. The van der Waals surface area contributed by atoms with E-state index >= 15 is 0 Å². The van der Waals surface area contributed by atoms with E-state index in [-0.39, 0.29) is 16.5 Å². The number of halogens is 1. The van der Waals surface area contributed by atoms with Gasteiger partial charge in [0.15, 0.2) is 17.6 Å². The summed E-state index contributed by atoms with van der Waals surface area (Å²) in [7, 11) is 2.88. The van der Waals surface area contributed by atoms with Crippen molar-refractivity contribution in [2.75, 3.05) is 20.8 Å². The maximum atomic E-state index is 12.3. The maximum absolute atomic E-state index is 12.3. The molecule has 0 spiro atoms. The van der Waals surface area contributed by atoms with Crippen LogP contribution < -0.4 is 14.8 Å². The molecule has 0 aromatic heterocycles. The molecule has 0 aliphatic carbocycles. The zero-order valence-corrected chi connectivity index (χ0v) is 16.2. The van der Waals surface area contributed by atoms with E-state index in [2.05, 4.69) is 5.32 Å². The van der Waals surface area contributed by atoms with Crippen molar-refractivity contribution in [1.82, 2.24) is 5.32 Å². The van der Waals surface area contributed by atoms with Crippen molar-refractivity contribution in [2.24, 2.45) is 0 Å². The number of hydrogen-bond acceptors (Lipinski definition) is 5. The average Bonchev–Trinajstić information content (AvgIpc) is 2.67. The van der Waals surface area contributed by atoms with E-state index in [4.69, 9.17) is 25.8 Å². The molecule has 1 atom stereocenters. The number of esters is 1. The summed E-state index contributed by atoms with van der Waals surface area (Å²) in [6.45, 7) is 1.96. The number of carbonyl (C=O) groups is 2. The molecule has 1 N–H and O–H groups in total. The van der Waals surface area contributed by atoms with Crippen LogP contribution >= 0.6 is 11.6 Å². The lowest BCUT2D eigenvalue weighted by Gasteiger charge is -2.15. The Morgan fingerprint density at radius 1 is 1.11 bits per heavy atom. The van der Waals surface area contributed by atoms with Crippen LogP contribution in [0.3, 0.4) is 0 Å². The van der Waals surface area contributed by atoms with Gasteiger partial charge in [-0.2, -0.15) is 0 Å². The van der Waals surface area contributed by atoms with E-state index in [1.54, 1.807) is 0 Å². The first-order valence-electron chi connectivity index (χ1n) is 8.40. The van der Waals surface area contributed by atoms with Gasteiger partial charge in [0, 0.05) is 6.54 Å². The van der Waals surface area contributed by atoms with Crippen molar-refractivity contribution in [1.29, 1.82) is 0 Å². The monoisotopic (exact) mass is 391 g/mol. The van der Waals surface area contributed by atoms with Crippen LogP contribution in [-0.2, 0) is 16.0 Å². The van der Waals surface area contributed by atoms with Gasteiger partial charge in [0.25, 0.3) is 5.91 Å². The van der Waals surface area contributed by atoms with Crippen molar-refractivity contribution >= 4 is 23.5 Å². The van der Waals surface area contributed by atoms with Crippen LogP contribution in [0.5, 0.6) is 11.5 Å². The number of carbonyl (C=O) groups excluding carboxylic acids is 2. The highest BCUT2D eigenvalue weighted by atomic mass is 35.5. The highest BCUT2D eigenvalue weighted by Crippen LogP contribution is 2.36. The third-order valence-electron chi connectivity index (χ3n) is 3.88. The molecule has 2 rings (SSSR count). The van der Waals surface area contributed by atoms with E-state index in [1.807, 2.05) is 30.3 Å². The van der Waals surface area contributed by atoms with Crippen LogP contribution in [0.25, 0.3) is 0 Å². The highest BCUT2D eigenvalue weighted by Gasteiger charge is 2.21. The van der Waals surface area contributed by atoms with Crippen molar-refractivity contribution in [3.8, 4) is 11.5 Å². The van der Waals surface area contributed by atoms with Crippen LogP contribution in [0.1, 0.15) is 22.8 Å². The van der Waals surface area contributed by atoms with Gasteiger partial charge in [-0.15, -0.1) is 0 Å². The minimum atomic E-state index is -0.944. The largest absolute Gasteiger partial charge is 0.493 e. The van der Waals surface area contributed by atoms with Crippen LogP contribution in [0.4, 0.5) is 0 Å². The minimum absolute atomic E-state index is 0.168. The maximum Gasteiger partial charge on any atom is 0.339 e. The molecular weight excluding hydrogens is 370 g/mol. The lowest BCUT2D eigenvalue weighted by Crippen LogP contribution is -2.36. The van der Waals surface area contributed by atoms with E-state index in [9.17, 15) is 9.59 Å². The summed E-state index contributed by atoms with van der Waals surface area (Å²) in [6, 6.07) is 12.6. The third kappa shape index (κ3) is 5.62. The molecule has 7 heteroatoms. The van der Waals surface area contributed by atoms with Crippen LogP contribution in [-0.4, -0.2) is 38.7 Å². The molecular formula is C20H22ClNO5. The summed E-state index contributed by atoms with van der Waals surface area (Å²) in [5.74, 6) is -0.422. The van der Waals surface area contributed by atoms with Crippen molar-refractivity contribution in [3.63, 3.8) is 0 Å². The van der Waals surface area contributed by atoms with Crippen molar-refractivity contribution < 1.29 is 23.8 Å². The second-order valence-electron chi connectivity index (χ2n) is 5.77. The van der Waals surface area contributed by atoms with Crippen LogP contribution in [0.15, 0.2) is 42.5 Å². The first-order valence-corrected chi connectivity index (χ1v) is 8.78. The quantitative estimate of drug-likeness (QED) is 0.699. The molecule has 0 radical (unpaired) electrons. The fourth-order valence-electron chi connectivity index (χ4n) is 2.44. The van der Waals surface area contributed by atoms with E-state index in [0.29, 0.717) is 24.5 Å². The molecule has 0 saturated heterocycles. The Balaban J connectivity index is 1.92. The second kappa shape index (κ2) is 9.83. The molecule has 0 saturated carbocycles. The summed E-state index contributed by atoms with van der Waals surface area (Å²) >= 11 is 6.09. The lowest BCUT2D eigenvalue weighted by atomic mass is 10.1. The number of methoxy groups -OCH3 is 2. The number of nitrogens with one attached hydrogen (secondary N) is 1. The molecule has 0 bridgehead atoms. The van der Waals surface area contributed by atoms with Crippen molar-refractivity contribution in [2.45, 2.75) is 19.4 Å². The van der Waals surface area contributed by atoms with Gasteiger partial charge in [-0.25, -0.2) is 4.79 Å². The zero-order valence-electron chi connectivity index (χ0n) is 15.5. The topological polar surface area (TPSA) is 73.9 Å². The smallest absolute Gasteiger partial charge is 0.339 e. The summed E-state index contributed by atoms with van der Waals surface area (Å²) in [6.07, 6.45) is -0.251. The Labute approximate surface area is 163 Å². The number of rotatable bonds is 8. The van der Waals surface area contributed by atoms with Gasteiger partial charge in [-0.05, 0) is 31.0 Å². The predicted molar refractivity (Wildman–Crippen MR) is 103 cm³/mol. The average molecular weight is 392 g/mol. The Kier molecular flexibility index (Phi) is 7.49. The SMILES string of the molecule is COc1cc(C(=O)O[C@H](C)C(=O)NCCc2ccccc2)cc(Cl)c1OC. The first kappa shape index (κ1) is 20.6. The van der Waals surface area contributed by atoms with E-state index in [0.717, 1.165) is 5.56 Å². The molecule has 1 amide bonds. The zero-order chi connectivity index (χ0) is 19.8. The van der Waals surface area contributed by atoms with Gasteiger partial charge in [-0.1, -0.05) is 41.9 Å². The fourth-order valence-corrected chi connectivity index (χ4v) is 2.72. The molecule has 0 unspecified atom stereocenters. The van der Waals surface area contributed by atoms with Gasteiger partial charge >= 0.3 is 5.97 Å². The number of amides is 1. The summed E-state index contributed by atoms with van der Waals surface area (Å²) in [5, 5.41) is 2.96. The summed E-state index contributed by atoms with van der Waals surface area (Å²) in [4.78, 5) is 24.4. The molecule has 6 nitrogen and oxygen atoms in total. The normalized spacial score (nSPS) is 11.4.